The standard InChI is InChI=1S/C10H9BrClFO3/c1-15-10(14)7(11)5-16-9-3-2-6(13)4-8(9)12/h2-4,7H,5H2,1H3. The molecule has 0 heterocycles. The second kappa shape index (κ2) is 6.06. The molecule has 0 bridgehead atoms. The smallest absolute Gasteiger partial charge is 0.322 e. The first-order valence-corrected chi connectivity index (χ1v) is 5.63. The Hall–Kier alpha value is -0.810. The van der Waals surface area contributed by atoms with E-state index in [0.29, 0.717) is 5.75 Å². The van der Waals surface area contributed by atoms with Crippen molar-refractivity contribution in [2.24, 2.45) is 0 Å². The Morgan fingerprint density at radius 3 is 2.88 bits per heavy atom. The summed E-state index contributed by atoms with van der Waals surface area (Å²) in [5, 5.41) is 0.157. The van der Waals surface area contributed by atoms with Crippen molar-refractivity contribution in [3.8, 4) is 5.75 Å². The van der Waals surface area contributed by atoms with Crippen LogP contribution in [0.5, 0.6) is 5.75 Å². The van der Waals surface area contributed by atoms with Crippen molar-refractivity contribution in [2.45, 2.75) is 4.83 Å². The summed E-state index contributed by atoms with van der Waals surface area (Å²) in [4.78, 5) is 10.4. The van der Waals surface area contributed by atoms with E-state index in [-0.39, 0.29) is 11.6 Å². The fourth-order valence-corrected chi connectivity index (χ4v) is 1.49. The lowest BCUT2D eigenvalue weighted by atomic mass is 10.3. The fourth-order valence-electron chi connectivity index (χ4n) is 0.951. The number of alkyl halides is 1. The van der Waals surface area contributed by atoms with Crippen LogP contribution in [0.2, 0.25) is 5.02 Å². The minimum atomic E-state index is -0.585. The van der Waals surface area contributed by atoms with Gasteiger partial charge in [0.05, 0.1) is 12.1 Å². The highest BCUT2D eigenvalue weighted by atomic mass is 79.9. The van der Waals surface area contributed by atoms with Gasteiger partial charge in [-0.15, -0.1) is 0 Å². The Morgan fingerprint density at radius 2 is 2.31 bits per heavy atom. The van der Waals surface area contributed by atoms with E-state index in [1.54, 1.807) is 0 Å². The molecule has 0 aliphatic rings. The Morgan fingerprint density at radius 1 is 1.62 bits per heavy atom. The minimum absolute atomic E-state index is 0.0536. The van der Waals surface area contributed by atoms with Gasteiger partial charge in [-0.3, -0.25) is 4.79 Å². The summed E-state index contributed by atoms with van der Waals surface area (Å²) in [5.41, 5.74) is 0. The normalized spacial score (nSPS) is 12.0. The van der Waals surface area contributed by atoms with Gasteiger partial charge in [0.1, 0.15) is 23.0 Å². The largest absolute Gasteiger partial charge is 0.490 e. The topological polar surface area (TPSA) is 35.5 Å². The SMILES string of the molecule is COC(=O)C(Br)COc1ccc(F)cc1Cl. The zero-order valence-corrected chi connectivity index (χ0v) is 10.7. The van der Waals surface area contributed by atoms with Crippen molar-refractivity contribution in [2.75, 3.05) is 13.7 Å². The molecule has 0 fully saturated rings. The molecule has 88 valence electrons. The minimum Gasteiger partial charge on any atom is -0.490 e. The maximum Gasteiger partial charge on any atom is 0.322 e. The van der Waals surface area contributed by atoms with Crippen molar-refractivity contribution in [1.82, 2.24) is 0 Å². The van der Waals surface area contributed by atoms with Gasteiger partial charge in [0.2, 0.25) is 0 Å². The molecule has 3 nitrogen and oxygen atoms in total. The Kier molecular flexibility index (Phi) is 5.02. The van der Waals surface area contributed by atoms with Crippen LogP contribution < -0.4 is 4.74 Å². The molecule has 1 atom stereocenters. The molecule has 1 aromatic rings. The first-order valence-electron chi connectivity index (χ1n) is 4.34. The van der Waals surface area contributed by atoms with Crippen LogP contribution in [0.15, 0.2) is 18.2 Å². The van der Waals surface area contributed by atoms with E-state index in [2.05, 4.69) is 20.7 Å². The van der Waals surface area contributed by atoms with Gasteiger partial charge < -0.3 is 9.47 Å². The summed E-state index contributed by atoms with van der Waals surface area (Å²) in [6.07, 6.45) is 0. The van der Waals surface area contributed by atoms with E-state index in [4.69, 9.17) is 16.3 Å². The van der Waals surface area contributed by atoms with Crippen LogP contribution in [0, 0.1) is 5.82 Å². The zero-order chi connectivity index (χ0) is 12.1. The number of carbonyl (C=O) groups excluding carboxylic acids is 1. The van der Waals surface area contributed by atoms with Crippen LogP contribution in [-0.4, -0.2) is 24.5 Å². The molecule has 0 saturated carbocycles. The summed E-state index contributed by atoms with van der Waals surface area (Å²) in [5.74, 6) is -0.574. The number of ether oxygens (including phenoxy) is 2. The number of rotatable bonds is 4. The average Bonchev–Trinajstić information content (AvgIpc) is 2.26. The van der Waals surface area contributed by atoms with Crippen LogP contribution in [-0.2, 0) is 9.53 Å². The van der Waals surface area contributed by atoms with Crippen molar-refractivity contribution >= 4 is 33.5 Å². The van der Waals surface area contributed by atoms with E-state index >= 15 is 0 Å². The average molecular weight is 312 g/mol. The molecule has 16 heavy (non-hydrogen) atoms. The van der Waals surface area contributed by atoms with Crippen molar-refractivity contribution in [3.63, 3.8) is 0 Å². The lowest BCUT2D eigenvalue weighted by Gasteiger charge is -2.10. The lowest BCUT2D eigenvalue weighted by molar-refractivity contribution is -0.140. The summed E-state index contributed by atoms with van der Waals surface area (Å²) in [6, 6.07) is 3.76. The molecule has 0 N–H and O–H groups in total. The van der Waals surface area contributed by atoms with Crippen LogP contribution in [0.1, 0.15) is 0 Å². The number of hydrogen-bond donors (Lipinski definition) is 0. The second-order valence-corrected chi connectivity index (χ2v) is 4.39. The van der Waals surface area contributed by atoms with E-state index in [1.165, 1.54) is 19.2 Å². The van der Waals surface area contributed by atoms with E-state index in [9.17, 15) is 9.18 Å². The predicted molar refractivity (Wildman–Crippen MR) is 61.6 cm³/mol. The highest BCUT2D eigenvalue weighted by molar-refractivity contribution is 9.10. The molecule has 0 saturated heterocycles. The highest BCUT2D eigenvalue weighted by Gasteiger charge is 2.16. The van der Waals surface area contributed by atoms with E-state index < -0.39 is 16.6 Å². The van der Waals surface area contributed by atoms with Crippen LogP contribution in [0.25, 0.3) is 0 Å². The predicted octanol–water partition coefficient (Wildman–Crippen LogP) is 2.79. The van der Waals surface area contributed by atoms with Crippen LogP contribution >= 0.6 is 27.5 Å². The molecule has 0 aliphatic heterocycles. The van der Waals surface area contributed by atoms with Gasteiger partial charge in [-0.2, -0.15) is 0 Å². The molecule has 0 amide bonds. The third kappa shape index (κ3) is 3.64. The number of carbonyl (C=O) groups is 1. The van der Waals surface area contributed by atoms with E-state index in [1.807, 2.05) is 0 Å². The van der Waals surface area contributed by atoms with Gasteiger partial charge in [0.25, 0.3) is 0 Å². The number of halogens is 3. The lowest BCUT2D eigenvalue weighted by Crippen LogP contribution is -2.23. The Labute approximate surface area is 106 Å². The Balaban J connectivity index is 2.58. The number of benzene rings is 1. The van der Waals surface area contributed by atoms with Crippen molar-refractivity contribution < 1.29 is 18.7 Å². The molecule has 1 aromatic carbocycles. The van der Waals surface area contributed by atoms with Crippen LogP contribution in [0.4, 0.5) is 4.39 Å². The molecule has 1 unspecified atom stereocenters. The summed E-state index contributed by atoms with van der Waals surface area (Å²) < 4.78 is 22.4. The van der Waals surface area contributed by atoms with Gasteiger partial charge in [-0.25, -0.2) is 4.39 Å². The third-order valence-corrected chi connectivity index (χ3v) is 2.67. The number of methoxy groups -OCH3 is 1. The maximum absolute atomic E-state index is 12.7. The van der Waals surface area contributed by atoms with Crippen molar-refractivity contribution in [3.05, 3.63) is 29.0 Å². The van der Waals surface area contributed by atoms with Crippen molar-refractivity contribution in [1.29, 1.82) is 0 Å². The zero-order valence-electron chi connectivity index (χ0n) is 8.38. The van der Waals surface area contributed by atoms with Gasteiger partial charge in [0.15, 0.2) is 0 Å². The Bertz CT molecular complexity index is 386. The molecular formula is C10H9BrClFO3. The molecule has 0 spiro atoms. The second-order valence-electron chi connectivity index (χ2n) is 2.88. The molecular weight excluding hydrogens is 302 g/mol. The monoisotopic (exact) mass is 310 g/mol. The van der Waals surface area contributed by atoms with Crippen LogP contribution in [0.3, 0.4) is 0 Å². The first kappa shape index (κ1) is 13.3. The summed E-state index contributed by atoms with van der Waals surface area (Å²) >= 11 is 8.81. The van der Waals surface area contributed by atoms with E-state index in [0.717, 1.165) is 6.07 Å². The molecule has 6 heteroatoms. The summed E-state index contributed by atoms with van der Waals surface area (Å²) in [6.45, 7) is 0.0536. The van der Waals surface area contributed by atoms with Gasteiger partial charge >= 0.3 is 5.97 Å². The fraction of sp³-hybridized carbons (Fsp3) is 0.300. The van der Waals surface area contributed by atoms with Gasteiger partial charge in [0, 0.05) is 0 Å². The molecule has 0 aromatic heterocycles. The summed E-state index contributed by atoms with van der Waals surface area (Å²) in [7, 11) is 1.28. The van der Waals surface area contributed by atoms with Gasteiger partial charge in [-0.1, -0.05) is 27.5 Å². The quantitative estimate of drug-likeness (QED) is 0.633. The number of esters is 1. The highest BCUT2D eigenvalue weighted by Crippen LogP contribution is 2.25. The molecule has 0 aliphatic carbocycles. The molecule has 1 rings (SSSR count). The maximum atomic E-state index is 12.7. The molecule has 0 radical (unpaired) electrons. The third-order valence-electron chi connectivity index (χ3n) is 1.74. The number of hydrogen-bond acceptors (Lipinski definition) is 3. The van der Waals surface area contributed by atoms with Gasteiger partial charge in [-0.05, 0) is 18.2 Å². The first-order chi connectivity index (χ1) is 7.54.